The molecule has 2 aliphatic heterocycles. The average Bonchev–Trinajstić information content (AvgIpc) is 2.79. The van der Waals surface area contributed by atoms with Crippen molar-refractivity contribution in [1.82, 2.24) is 5.32 Å². The van der Waals surface area contributed by atoms with Gasteiger partial charge in [0.05, 0.1) is 11.5 Å². The van der Waals surface area contributed by atoms with E-state index >= 15 is 0 Å². The van der Waals surface area contributed by atoms with E-state index in [1.807, 2.05) is 6.07 Å². The second-order valence-corrected chi connectivity index (χ2v) is 6.18. The minimum atomic E-state index is -0.0890. The third-order valence-corrected chi connectivity index (χ3v) is 4.99. The molecule has 0 radical (unpaired) electrons. The Morgan fingerprint density at radius 3 is 3.05 bits per heavy atom. The number of halogens is 1. The van der Waals surface area contributed by atoms with Crippen LogP contribution in [0.4, 0.5) is 0 Å². The number of rotatable bonds is 2. The van der Waals surface area contributed by atoms with Crippen LogP contribution in [-0.4, -0.2) is 25.2 Å². The fraction of sp³-hybridized carbons (Fsp3) is 0.562. The van der Waals surface area contributed by atoms with Crippen LogP contribution in [0.5, 0.6) is 0 Å². The van der Waals surface area contributed by atoms with Crippen molar-refractivity contribution in [2.24, 2.45) is 5.92 Å². The summed E-state index contributed by atoms with van der Waals surface area (Å²) in [6, 6.07) is 6.10. The lowest BCUT2D eigenvalue weighted by atomic mass is 9.91. The fourth-order valence-corrected chi connectivity index (χ4v) is 3.62. The molecule has 1 aromatic rings. The molecule has 0 aromatic heterocycles. The molecule has 3 rings (SSSR count). The van der Waals surface area contributed by atoms with Gasteiger partial charge in [-0.1, -0.05) is 12.1 Å². The van der Waals surface area contributed by atoms with Gasteiger partial charge in [-0.3, -0.25) is 4.79 Å². The molecule has 1 N–H and O–H groups in total. The fourth-order valence-electron chi connectivity index (χ4n) is 3.15. The largest absolute Gasteiger partial charge is 0.378 e. The number of carbonyl (C=O) groups is 1. The number of amides is 1. The van der Waals surface area contributed by atoms with Crippen LogP contribution in [0.2, 0.25) is 0 Å². The normalized spacial score (nSPS) is 27.6. The molecule has 4 heteroatoms. The quantitative estimate of drug-likeness (QED) is 0.851. The number of hydrogen-bond donors (Lipinski definition) is 1. The second-order valence-electron chi connectivity index (χ2n) is 5.71. The zero-order valence-corrected chi connectivity index (χ0v) is 12.5. The van der Waals surface area contributed by atoms with Crippen molar-refractivity contribution in [1.29, 1.82) is 0 Å². The summed E-state index contributed by atoms with van der Waals surface area (Å²) >= 11 is 6.63. The highest BCUT2D eigenvalue weighted by Crippen LogP contribution is 2.38. The smallest absolute Gasteiger partial charge is 0.251 e. The van der Waals surface area contributed by atoms with Crippen molar-refractivity contribution in [2.45, 2.75) is 37.7 Å². The van der Waals surface area contributed by atoms with Crippen molar-refractivity contribution in [2.75, 3.05) is 13.2 Å². The average molecular weight is 294 g/mol. The third-order valence-electron chi connectivity index (χ3n) is 4.42. The third kappa shape index (κ3) is 2.57. The molecule has 1 fully saturated rings. The van der Waals surface area contributed by atoms with Crippen molar-refractivity contribution in [3.63, 3.8) is 0 Å². The molecule has 1 amide bonds. The number of ether oxygens (including phenoxy) is 1. The van der Waals surface area contributed by atoms with Crippen molar-refractivity contribution >= 4 is 17.5 Å². The predicted octanol–water partition coefficient (Wildman–Crippen LogP) is 3.07. The van der Waals surface area contributed by atoms with Gasteiger partial charge in [0.25, 0.3) is 5.91 Å². The zero-order chi connectivity index (χ0) is 14.1. The lowest BCUT2D eigenvalue weighted by Gasteiger charge is -2.21. The molecule has 20 heavy (non-hydrogen) atoms. The molecule has 0 saturated carbocycles. The van der Waals surface area contributed by atoms with Crippen LogP contribution >= 0.6 is 11.6 Å². The minimum Gasteiger partial charge on any atom is -0.378 e. The highest BCUT2D eigenvalue weighted by Gasteiger charge is 2.32. The topological polar surface area (TPSA) is 38.3 Å². The van der Waals surface area contributed by atoms with E-state index in [4.69, 9.17) is 16.3 Å². The molecule has 0 bridgehead atoms. The van der Waals surface area contributed by atoms with E-state index in [0.29, 0.717) is 5.92 Å². The molecule has 0 aliphatic carbocycles. The molecule has 3 unspecified atom stereocenters. The lowest BCUT2D eigenvalue weighted by molar-refractivity contribution is 0.0956. The van der Waals surface area contributed by atoms with Crippen molar-refractivity contribution in [3.05, 3.63) is 34.9 Å². The first-order chi connectivity index (χ1) is 9.66. The SMILES string of the molecule is CC1OCCC1C(Cl)c1ccc2c(c1)C(=O)NCCC2. The Hall–Kier alpha value is -1.06. The molecular formula is C16H20ClNO2. The Bertz CT molecular complexity index is 517. The molecule has 1 aromatic carbocycles. The first-order valence-electron chi connectivity index (χ1n) is 7.33. The van der Waals surface area contributed by atoms with Gasteiger partial charge in [-0.15, -0.1) is 11.6 Å². The monoisotopic (exact) mass is 293 g/mol. The number of aryl methyl sites for hydroxylation is 1. The lowest BCUT2D eigenvalue weighted by Crippen LogP contribution is -2.23. The van der Waals surface area contributed by atoms with Gasteiger partial charge in [-0.25, -0.2) is 0 Å². The summed E-state index contributed by atoms with van der Waals surface area (Å²) in [5, 5.41) is 2.85. The van der Waals surface area contributed by atoms with Crippen molar-refractivity contribution < 1.29 is 9.53 Å². The van der Waals surface area contributed by atoms with Gasteiger partial charge in [-0.2, -0.15) is 0 Å². The van der Waals surface area contributed by atoms with Gasteiger partial charge in [0.2, 0.25) is 0 Å². The van der Waals surface area contributed by atoms with Crippen LogP contribution < -0.4 is 5.32 Å². The highest BCUT2D eigenvalue weighted by atomic mass is 35.5. The number of nitrogens with one attached hydrogen (secondary N) is 1. The first kappa shape index (κ1) is 13.9. The molecule has 1 saturated heterocycles. The summed E-state index contributed by atoms with van der Waals surface area (Å²) in [6.07, 6.45) is 3.11. The molecule has 3 nitrogen and oxygen atoms in total. The van der Waals surface area contributed by atoms with Gasteiger partial charge >= 0.3 is 0 Å². The summed E-state index contributed by atoms with van der Waals surface area (Å²) < 4.78 is 5.60. The maximum absolute atomic E-state index is 12.1. The van der Waals surface area contributed by atoms with Crippen LogP contribution in [0, 0.1) is 5.92 Å². The highest BCUT2D eigenvalue weighted by molar-refractivity contribution is 6.21. The summed E-state index contributed by atoms with van der Waals surface area (Å²) in [5.74, 6) is 0.350. The summed E-state index contributed by atoms with van der Waals surface area (Å²) in [5.41, 5.74) is 2.95. The Kier molecular flexibility index (Phi) is 3.99. The van der Waals surface area contributed by atoms with E-state index in [0.717, 1.165) is 49.1 Å². The minimum absolute atomic E-state index is 0.0268. The predicted molar refractivity (Wildman–Crippen MR) is 79.2 cm³/mol. The number of hydrogen-bond acceptors (Lipinski definition) is 2. The van der Waals surface area contributed by atoms with E-state index in [9.17, 15) is 4.79 Å². The molecule has 2 heterocycles. The summed E-state index contributed by atoms with van der Waals surface area (Å²) in [7, 11) is 0. The van der Waals surface area contributed by atoms with E-state index in [2.05, 4.69) is 24.4 Å². The van der Waals surface area contributed by atoms with Gasteiger partial charge in [-0.05, 0) is 43.4 Å². The number of benzene rings is 1. The molecule has 108 valence electrons. The van der Waals surface area contributed by atoms with Gasteiger partial charge in [0.15, 0.2) is 0 Å². The summed E-state index contributed by atoms with van der Waals surface area (Å²) in [4.78, 5) is 12.1. The molecular weight excluding hydrogens is 274 g/mol. The summed E-state index contributed by atoms with van der Waals surface area (Å²) in [6.45, 7) is 3.60. The molecule has 0 spiro atoms. The van der Waals surface area contributed by atoms with Crippen molar-refractivity contribution in [3.8, 4) is 0 Å². The second kappa shape index (κ2) is 5.74. The Balaban J connectivity index is 1.89. The molecule has 2 aliphatic rings. The van der Waals surface area contributed by atoms with E-state index < -0.39 is 0 Å². The maximum atomic E-state index is 12.1. The van der Waals surface area contributed by atoms with Gasteiger partial charge < -0.3 is 10.1 Å². The van der Waals surface area contributed by atoms with Crippen LogP contribution in [0.3, 0.4) is 0 Å². The Morgan fingerprint density at radius 2 is 2.30 bits per heavy atom. The standard InChI is InChI=1S/C16H20ClNO2/c1-10-13(6-8-20-10)15(17)12-5-4-11-3-2-7-18-16(19)14(11)9-12/h4-5,9-10,13,15H,2-3,6-8H2,1H3,(H,18,19). The van der Waals surface area contributed by atoms with Crippen LogP contribution in [0.15, 0.2) is 18.2 Å². The van der Waals surface area contributed by atoms with Gasteiger partial charge in [0, 0.05) is 24.6 Å². The van der Waals surface area contributed by atoms with Crippen LogP contribution in [0.25, 0.3) is 0 Å². The van der Waals surface area contributed by atoms with Gasteiger partial charge in [0.1, 0.15) is 0 Å². The van der Waals surface area contributed by atoms with E-state index in [1.54, 1.807) is 0 Å². The van der Waals surface area contributed by atoms with Crippen LogP contribution in [-0.2, 0) is 11.2 Å². The van der Waals surface area contributed by atoms with E-state index in [-0.39, 0.29) is 17.4 Å². The maximum Gasteiger partial charge on any atom is 0.251 e. The molecule has 3 atom stereocenters. The van der Waals surface area contributed by atoms with E-state index in [1.165, 1.54) is 0 Å². The number of alkyl halides is 1. The first-order valence-corrected chi connectivity index (χ1v) is 7.77. The Labute approximate surface area is 124 Å². The number of fused-ring (bicyclic) bond motifs is 1. The number of carbonyl (C=O) groups excluding carboxylic acids is 1. The van der Waals surface area contributed by atoms with Crippen LogP contribution in [0.1, 0.15) is 46.6 Å². The zero-order valence-electron chi connectivity index (χ0n) is 11.7. The Morgan fingerprint density at radius 1 is 1.45 bits per heavy atom.